The number of H-pyrrole nitrogens is 4. The minimum absolute atomic E-state index is 0.0959. The molecule has 0 amide bonds. The van der Waals surface area contributed by atoms with Gasteiger partial charge in [-0.1, -0.05) is 0 Å². The second kappa shape index (κ2) is 12.5. The number of rotatable bonds is 8. The van der Waals surface area contributed by atoms with Gasteiger partial charge < -0.3 is 39.5 Å². The summed E-state index contributed by atoms with van der Waals surface area (Å²) in [5.74, 6) is 0. The number of nitrogens with one attached hydrogen (secondary N) is 4. The van der Waals surface area contributed by atoms with Crippen molar-refractivity contribution in [2.24, 2.45) is 0 Å². The van der Waals surface area contributed by atoms with E-state index in [1.807, 2.05) is 0 Å². The SMILES string of the molecule is C=P(C)(C)CC[C@@]1(C)O[C@@H](c2c[nH]c(=O)[nH]c2=O)[C@H](O)[C@@H]1O.C=P(C)(C)CC[C@@]12CO[C@@H]([C@H](c3c[nH]c(=O)[nH]c3=O)O1)[C@@H]2O. The van der Waals surface area contributed by atoms with Crippen molar-refractivity contribution < 1.29 is 29.5 Å². The number of aliphatic hydroxyl groups excluding tert-OH is 3. The zero-order valence-corrected chi connectivity index (χ0v) is 27.5. The van der Waals surface area contributed by atoms with E-state index in [1.54, 1.807) is 6.92 Å². The Morgan fingerprint density at radius 2 is 1.32 bits per heavy atom. The van der Waals surface area contributed by atoms with E-state index in [-0.39, 0.29) is 11.1 Å². The molecule has 5 rings (SSSR count). The van der Waals surface area contributed by atoms with Crippen LogP contribution in [0.4, 0.5) is 0 Å². The molecule has 246 valence electrons. The second-order valence-electron chi connectivity index (χ2n) is 13.5. The average Bonchev–Trinajstić information content (AvgIpc) is 3.46. The molecule has 0 spiro atoms. The van der Waals surface area contributed by atoms with E-state index in [0.29, 0.717) is 19.4 Å². The fraction of sp³-hybridized carbons (Fsp3) is 0.643. The lowest BCUT2D eigenvalue weighted by molar-refractivity contribution is -0.148. The largest absolute Gasteiger partial charge is 0.387 e. The van der Waals surface area contributed by atoms with Gasteiger partial charge in [-0.05, 0) is 58.7 Å². The van der Waals surface area contributed by atoms with Gasteiger partial charge in [-0.15, -0.1) is 26.4 Å². The van der Waals surface area contributed by atoms with Crippen LogP contribution in [0.15, 0.2) is 31.6 Å². The van der Waals surface area contributed by atoms with E-state index in [9.17, 15) is 34.5 Å². The van der Waals surface area contributed by atoms with Gasteiger partial charge in [0.15, 0.2) is 0 Å². The van der Waals surface area contributed by atoms with Crippen molar-refractivity contribution in [1.29, 1.82) is 0 Å². The quantitative estimate of drug-likeness (QED) is 0.179. The molecule has 8 atom stereocenters. The molecular weight excluding hydrogens is 614 g/mol. The monoisotopic (exact) mass is 658 g/mol. The molecule has 0 aromatic carbocycles. The van der Waals surface area contributed by atoms with Gasteiger partial charge in [0.25, 0.3) is 11.1 Å². The van der Waals surface area contributed by atoms with Crippen molar-refractivity contribution in [3.05, 3.63) is 65.2 Å². The van der Waals surface area contributed by atoms with Crippen LogP contribution in [0, 0.1) is 0 Å². The van der Waals surface area contributed by atoms with Gasteiger partial charge in [0.1, 0.15) is 42.2 Å². The first-order valence-corrected chi connectivity index (χ1v) is 20.4. The van der Waals surface area contributed by atoms with Crippen LogP contribution in [0.5, 0.6) is 0 Å². The number of aliphatic hydroxyl groups is 3. The molecule has 3 fully saturated rings. The Hall–Kier alpha value is -2.28. The highest BCUT2D eigenvalue weighted by Crippen LogP contribution is 2.50. The molecule has 3 aliphatic rings. The van der Waals surface area contributed by atoms with E-state index in [2.05, 4.69) is 59.2 Å². The summed E-state index contributed by atoms with van der Waals surface area (Å²) < 4.78 is 17.5. The summed E-state index contributed by atoms with van der Waals surface area (Å²) in [6.07, 6.45) is 8.32. The summed E-state index contributed by atoms with van der Waals surface area (Å²) in [5.41, 5.74) is -3.72. The zero-order chi connectivity index (χ0) is 32.8. The first-order chi connectivity index (χ1) is 20.3. The molecule has 5 heterocycles. The standard InChI is InChI=1S/C14H21N2O5P.C14H23N2O5P/c1-22(2,3)5-4-14-7-20-10(11(14)17)9(21-14)8-6-15-13(19)16-12(8)18;1-14(5-6-22(2,3)4)11(18)9(17)10(21-14)8-7-15-13(20)16-12(8)19/h6,9-11,17H,1,4-5,7H2,2-3H3,(H2,15,16,18,19);7,9-11,17-18H,2,5-6H2,1,3-4H3,(H2,15,16,19,20)/t9-,10-,11-,14-;9-,10-,11-,14+/m00/s1. The molecule has 2 aromatic rings. The number of hydrogen-bond donors (Lipinski definition) is 7. The van der Waals surface area contributed by atoms with Crippen LogP contribution in [0.3, 0.4) is 0 Å². The van der Waals surface area contributed by atoms with Crippen molar-refractivity contribution in [2.75, 3.05) is 45.6 Å². The van der Waals surface area contributed by atoms with Gasteiger partial charge in [0.05, 0.1) is 23.3 Å². The first-order valence-electron chi connectivity index (χ1n) is 14.3. The van der Waals surface area contributed by atoms with Gasteiger partial charge in [-0.3, -0.25) is 19.6 Å². The fourth-order valence-corrected chi connectivity index (χ4v) is 7.63. The zero-order valence-electron chi connectivity index (χ0n) is 25.7. The molecule has 7 N–H and O–H groups in total. The number of aromatic nitrogens is 4. The maximum atomic E-state index is 11.9. The van der Waals surface area contributed by atoms with Crippen molar-refractivity contribution >= 4 is 26.4 Å². The normalized spacial score (nSPS) is 33.3. The van der Waals surface area contributed by atoms with E-state index in [1.165, 1.54) is 12.4 Å². The molecule has 0 radical (unpaired) electrons. The Bertz CT molecular complexity index is 1620. The third-order valence-electron chi connectivity index (χ3n) is 8.35. The van der Waals surface area contributed by atoms with E-state index < -0.39 is 84.1 Å². The van der Waals surface area contributed by atoms with Crippen molar-refractivity contribution in [3.8, 4) is 0 Å². The smallest absolute Gasteiger partial charge is 0.325 e. The number of hydrogen-bond acceptors (Lipinski definition) is 10. The molecule has 3 aliphatic heterocycles. The molecule has 0 aliphatic carbocycles. The Kier molecular flexibility index (Phi) is 9.82. The lowest BCUT2D eigenvalue weighted by Crippen LogP contribution is -2.41. The van der Waals surface area contributed by atoms with Crippen LogP contribution >= 0.6 is 13.8 Å². The van der Waals surface area contributed by atoms with E-state index >= 15 is 0 Å². The van der Waals surface area contributed by atoms with Crippen LogP contribution < -0.4 is 22.5 Å². The summed E-state index contributed by atoms with van der Waals surface area (Å²) in [6, 6.07) is 0. The third-order valence-corrected chi connectivity index (χ3v) is 11.2. The summed E-state index contributed by atoms with van der Waals surface area (Å²) in [5, 5.41) is 31.1. The van der Waals surface area contributed by atoms with Crippen molar-refractivity contribution in [1.82, 2.24) is 19.9 Å². The predicted octanol–water partition coefficient (Wildman–Crippen LogP) is -0.553. The van der Waals surface area contributed by atoms with Gasteiger partial charge in [-0.25, -0.2) is 9.59 Å². The summed E-state index contributed by atoms with van der Waals surface area (Å²) in [4.78, 5) is 55.0. The van der Waals surface area contributed by atoms with Crippen LogP contribution in [0.25, 0.3) is 0 Å². The molecule has 44 heavy (non-hydrogen) atoms. The predicted molar refractivity (Wildman–Crippen MR) is 173 cm³/mol. The van der Waals surface area contributed by atoms with Gasteiger partial charge in [-0.2, -0.15) is 0 Å². The summed E-state index contributed by atoms with van der Waals surface area (Å²) in [7, 11) is 0. The molecule has 14 nitrogen and oxygen atoms in total. The van der Waals surface area contributed by atoms with Gasteiger partial charge in [0.2, 0.25) is 0 Å². The van der Waals surface area contributed by atoms with Gasteiger partial charge >= 0.3 is 11.4 Å². The van der Waals surface area contributed by atoms with Crippen LogP contribution in [0.1, 0.15) is 43.1 Å². The molecule has 3 saturated heterocycles. The Balaban J connectivity index is 0.000000201. The summed E-state index contributed by atoms with van der Waals surface area (Å²) in [6.45, 7) is 7.90. The number of ether oxygens (including phenoxy) is 3. The molecular formula is C28H44N4O10P2. The highest BCUT2D eigenvalue weighted by atomic mass is 31.2. The first kappa shape index (κ1) is 34.6. The lowest BCUT2D eigenvalue weighted by atomic mass is 9.93. The number of aromatic amines is 4. The molecule has 2 bridgehead atoms. The minimum Gasteiger partial charge on any atom is -0.387 e. The highest BCUT2D eigenvalue weighted by molar-refractivity contribution is 7.72. The minimum atomic E-state index is -1.30. The Morgan fingerprint density at radius 1 is 0.818 bits per heavy atom. The highest BCUT2D eigenvalue weighted by Gasteiger charge is 2.61. The maximum Gasteiger partial charge on any atom is 0.325 e. The van der Waals surface area contributed by atoms with Gasteiger partial charge in [0, 0.05) is 12.4 Å². The second-order valence-corrected chi connectivity index (χ2v) is 22.1. The van der Waals surface area contributed by atoms with E-state index in [4.69, 9.17) is 14.2 Å². The molecule has 0 unspecified atom stereocenters. The molecule has 2 aromatic heterocycles. The number of fused-ring (bicyclic) bond motifs is 2. The van der Waals surface area contributed by atoms with Crippen LogP contribution in [-0.2, 0) is 14.2 Å². The van der Waals surface area contributed by atoms with Crippen molar-refractivity contribution in [3.63, 3.8) is 0 Å². The lowest BCUT2D eigenvalue weighted by Gasteiger charge is -2.31. The van der Waals surface area contributed by atoms with Crippen molar-refractivity contribution in [2.45, 2.75) is 67.6 Å². The van der Waals surface area contributed by atoms with Crippen LogP contribution in [-0.4, -0.2) is 129 Å². The van der Waals surface area contributed by atoms with Crippen LogP contribution in [0.2, 0.25) is 0 Å². The topological polar surface area (TPSA) is 220 Å². The average molecular weight is 659 g/mol. The third kappa shape index (κ3) is 7.40. The Labute approximate surface area is 254 Å². The summed E-state index contributed by atoms with van der Waals surface area (Å²) >= 11 is 0. The van der Waals surface area contributed by atoms with E-state index in [0.717, 1.165) is 12.3 Å². The molecule has 0 saturated carbocycles. The fourth-order valence-electron chi connectivity index (χ4n) is 5.60. The molecule has 16 heteroatoms. The maximum absolute atomic E-state index is 11.9. The Morgan fingerprint density at radius 3 is 1.82 bits per heavy atom.